The minimum absolute atomic E-state index is 0.307. The molecule has 0 bridgehead atoms. The van der Waals surface area contributed by atoms with Gasteiger partial charge in [0.2, 0.25) is 0 Å². The third kappa shape index (κ3) is 3.84. The lowest BCUT2D eigenvalue weighted by molar-refractivity contribution is 0.417. The molecule has 0 aliphatic carbocycles. The molecule has 112 valence electrons. The van der Waals surface area contributed by atoms with Gasteiger partial charge in [-0.3, -0.25) is 0 Å². The van der Waals surface area contributed by atoms with Crippen LogP contribution in [0.5, 0.6) is 5.75 Å². The molecule has 2 aromatic rings. The number of rotatable bonds is 5. The molecule has 0 aliphatic rings. The van der Waals surface area contributed by atoms with Crippen molar-refractivity contribution >= 4 is 11.5 Å². The number of nitrogen functional groups attached to an aromatic ring is 1. The number of aryl methyl sites for hydroxylation is 1. The zero-order valence-corrected chi connectivity index (χ0v) is 13.0. The van der Waals surface area contributed by atoms with Gasteiger partial charge in [-0.05, 0) is 24.6 Å². The molecule has 0 atom stereocenters. The predicted molar refractivity (Wildman–Crippen MR) is 85.6 cm³/mol. The number of hydrogen-bond donors (Lipinski definition) is 2. The Morgan fingerprint density at radius 1 is 1.24 bits per heavy atom. The second-order valence-corrected chi connectivity index (χ2v) is 5.34. The van der Waals surface area contributed by atoms with Crippen molar-refractivity contribution in [3.05, 3.63) is 41.3 Å². The van der Waals surface area contributed by atoms with Crippen LogP contribution in [0.3, 0.4) is 0 Å². The van der Waals surface area contributed by atoms with Gasteiger partial charge in [0, 0.05) is 24.2 Å². The van der Waals surface area contributed by atoms with Crippen LogP contribution in [0.4, 0.5) is 11.5 Å². The Hall–Kier alpha value is -2.30. The molecular weight excluding hydrogens is 264 g/mol. The Bertz CT molecular complexity index is 626. The van der Waals surface area contributed by atoms with Gasteiger partial charge in [0.05, 0.1) is 12.8 Å². The minimum atomic E-state index is 0.307. The van der Waals surface area contributed by atoms with Crippen molar-refractivity contribution < 1.29 is 4.74 Å². The second kappa shape index (κ2) is 6.43. The van der Waals surface area contributed by atoms with Crippen LogP contribution in [0.1, 0.15) is 36.8 Å². The van der Waals surface area contributed by atoms with E-state index in [1.165, 1.54) is 0 Å². The van der Waals surface area contributed by atoms with Gasteiger partial charge in [0.1, 0.15) is 17.4 Å². The summed E-state index contributed by atoms with van der Waals surface area (Å²) in [6.45, 7) is 6.80. The van der Waals surface area contributed by atoms with Gasteiger partial charge in [-0.1, -0.05) is 19.9 Å². The summed E-state index contributed by atoms with van der Waals surface area (Å²) in [5.74, 6) is 2.69. The summed E-state index contributed by atoms with van der Waals surface area (Å²) in [5.41, 5.74) is 8.59. The van der Waals surface area contributed by atoms with E-state index >= 15 is 0 Å². The number of benzene rings is 1. The number of nitrogens with one attached hydrogen (secondary N) is 1. The van der Waals surface area contributed by atoms with Crippen molar-refractivity contribution in [3.8, 4) is 5.75 Å². The molecule has 0 saturated heterocycles. The van der Waals surface area contributed by atoms with Crippen molar-refractivity contribution in [3.63, 3.8) is 0 Å². The maximum Gasteiger partial charge on any atom is 0.141 e. The van der Waals surface area contributed by atoms with Crippen LogP contribution in [0.25, 0.3) is 0 Å². The summed E-state index contributed by atoms with van der Waals surface area (Å²) < 4.78 is 5.15. The van der Waals surface area contributed by atoms with E-state index in [1.54, 1.807) is 7.11 Å². The topological polar surface area (TPSA) is 73.1 Å². The van der Waals surface area contributed by atoms with Crippen LogP contribution >= 0.6 is 0 Å². The predicted octanol–water partition coefficient (Wildman–Crippen LogP) is 3.11. The minimum Gasteiger partial charge on any atom is -0.495 e. The SMILES string of the molecule is COc1ccc(CNc2cc(C)nc(C(C)C)n2)cc1N. The first kappa shape index (κ1) is 15.1. The molecule has 0 radical (unpaired) electrons. The third-order valence-electron chi connectivity index (χ3n) is 3.16. The van der Waals surface area contributed by atoms with Crippen LogP contribution < -0.4 is 15.8 Å². The molecule has 0 aliphatic heterocycles. The maximum atomic E-state index is 5.91. The first-order valence-electron chi connectivity index (χ1n) is 7.01. The van der Waals surface area contributed by atoms with Gasteiger partial charge >= 0.3 is 0 Å². The van der Waals surface area contributed by atoms with Crippen molar-refractivity contribution in [2.24, 2.45) is 0 Å². The zero-order chi connectivity index (χ0) is 15.4. The third-order valence-corrected chi connectivity index (χ3v) is 3.16. The number of methoxy groups -OCH3 is 1. The van der Waals surface area contributed by atoms with E-state index in [2.05, 4.69) is 29.1 Å². The maximum absolute atomic E-state index is 5.91. The first-order chi connectivity index (χ1) is 9.99. The largest absolute Gasteiger partial charge is 0.495 e. The van der Waals surface area contributed by atoms with Crippen LogP contribution in [0.15, 0.2) is 24.3 Å². The second-order valence-electron chi connectivity index (χ2n) is 5.34. The van der Waals surface area contributed by atoms with Gasteiger partial charge in [0.25, 0.3) is 0 Å². The normalized spacial score (nSPS) is 10.7. The summed E-state index contributed by atoms with van der Waals surface area (Å²) in [6.07, 6.45) is 0. The molecule has 5 nitrogen and oxygen atoms in total. The monoisotopic (exact) mass is 286 g/mol. The highest BCUT2D eigenvalue weighted by molar-refractivity contribution is 5.54. The summed E-state index contributed by atoms with van der Waals surface area (Å²) >= 11 is 0. The molecule has 0 spiro atoms. The summed E-state index contributed by atoms with van der Waals surface area (Å²) in [6, 6.07) is 7.71. The Balaban J connectivity index is 2.11. The fraction of sp³-hybridized carbons (Fsp3) is 0.375. The van der Waals surface area contributed by atoms with Crippen LogP contribution in [-0.4, -0.2) is 17.1 Å². The molecule has 0 unspecified atom stereocenters. The van der Waals surface area contributed by atoms with E-state index in [-0.39, 0.29) is 0 Å². The lowest BCUT2D eigenvalue weighted by Crippen LogP contribution is -2.07. The van der Waals surface area contributed by atoms with Crippen molar-refractivity contribution in [2.45, 2.75) is 33.2 Å². The molecule has 1 heterocycles. The molecule has 1 aromatic heterocycles. The average molecular weight is 286 g/mol. The highest BCUT2D eigenvalue weighted by atomic mass is 16.5. The van der Waals surface area contributed by atoms with Gasteiger partial charge in [0.15, 0.2) is 0 Å². The summed E-state index contributed by atoms with van der Waals surface area (Å²) in [4.78, 5) is 8.96. The number of anilines is 2. The highest BCUT2D eigenvalue weighted by Gasteiger charge is 2.06. The number of hydrogen-bond acceptors (Lipinski definition) is 5. The molecule has 3 N–H and O–H groups in total. The number of nitrogens with two attached hydrogens (primary N) is 1. The Morgan fingerprint density at radius 3 is 2.62 bits per heavy atom. The number of aromatic nitrogens is 2. The fourth-order valence-electron chi connectivity index (χ4n) is 2.03. The van der Waals surface area contributed by atoms with Crippen LogP contribution in [-0.2, 0) is 6.54 Å². The molecule has 0 fully saturated rings. The fourth-order valence-corrected chi connectivity index (χ4v) is 2.03. The lowest BCUT2D eigenvalue weighted by atomic mass is 10.2. The van der Waals surface area contributed by atoms with Gasteiger partial charge in [-0.25, -0.2) is 9.97 Å². The van der Waals surface area contributed by atoms with Crippen molar-refractivity contribution in [1.29, 1.82) is 0 Å². The van der Waals surface area contributed by atoms with Gasteiger partial charge < -0.3 is 15.8 Å². The number of ether oxygens (including phenoxy) is 1. The van der Waals surface area contributed by atoms with E-state index in [1.807, 2.05) is 31.2 Å². The van der Waals surface area contributed by atoms with E-state index in [0.29, 0.717) is 23.9 Å². The quantitative estimate of drug-likeness (QED) is 0.826. The molecule has 0 amide bonds. The van der Waals surface area contributed by atoms with Crippen LogP contribution in [0.2, 0.25) is 0 Å². The number of nitrogens with zero attached hydrogens (tertiary/aromatic N) is 2. The van der Waals surface area contributed by atoms with E-state index in [0.717, 1.165) is 22.9 Å². The summed E-state index contributed by atoms with van der Waals surface area (Å²) in [7, 11) is 1.61. The molecule has 0 saturated carbocycles. The average Bonchev–Trinajstić information content (AvgIpc) is 2.44. The Kier molecular flexibility index (Phi) is 4.62. The standard InChI is InChI=1S/C16H22N4O/c1-10(2)16-19-11(3)7-15(20-16)18-9-12-5-6-14(21-4)13(17)8-12/h5-8,10H,9,17H2,1-4H3,(H,18,19,20). The zero-order valence-electron chi connectivity index (χ0n) is 13.0. The Labute approximate surface area is 125 Å². The molecule has 21 heavy (non-hydrogen) atoms. The van der Waals surface area contributed by atoms with Crippen molar-refractivity contribution in [1.82, 2.24) is 9.97 Å². The lowest BCUT2D eigenvalue weighted by Gasteiger charge is -2.11. The molecule has 5 heteroatoms. The van der Waals surface area contributed by atoms with Gasteiger partial charge in [-0.15, -0.1) is 0 Å². The van der Waals surface area contributed by atoms with Crippen LogP contribution in [0, 0.1) is 6.92 Å². The summed E-state index contributed by atoms with van der Waals surface area (Å²) in [5, 5.41) is 3.31. The Morgan fingerprint density at radius 2 is 2.00 bits per heavy atom. The molecular formula is C16H22N4O. The first-order valence-corrected chi connectivity index (χ1v) is 7.01. The molecule has 2 rings (SSSR count). The van der Waals surface area contributed by atoms with E-state index in [9.17, 15) is 0 Å². The van der Waals surface area contributed by atoms with Crippen molar-refractivity contribution in [2.75, 3.05) is 18.2 Å². The van der Waals surface area contributed by atoms with E-state index < -0.39 is 0 Å². The highest BCUT2D eigenvalue weighted by Crippen LogP contribution is 2.22. The molecule has 1 aromatic carbocycles. The van der Waals surface area contributed by atoms with Gasteiger partial charge in [-0.2, -0.15) is 0 Å². The van der Waals surface area contributed by atoms with E-state index in [4.69, 9.17) is 10.5 Å². The smallest absolute Gasteiger partial charge is 0.141 e.